The zero-order valence-corrected chi connectivity index (χ0v) is 14.1. The van der Waals surface area contributed by atoms with E-state index >= 15 is 0 Å². The van der Waals surface area contributed by atoms with Gasteiger partial charge in [-0.2, -0.15) is 0 Å². The topological polar surface area (TPSA) is 40.5 Å². The number of amides is 1. The van der Waals surface area contributed by atoms with Crippen LogP contribution in [-0.2, 0) is 0 Å². The summed E-state index contributed by atoms with van der Waals surface area (Å²) in [4.78, 5) is 12.6. The van der Waals surface area contributed by atoms with E-state index in [4.69, 9.17) is 23.2 Å². The van der Waals surface area contributed by atoms with E-state index in [1.807, 2.05) is 48.6 Å². The minimum absolute atomic E-state index is 0.243. The molecule has 23 heavy (non-hydrogen) atoms. The lowest BCUT2D eigenvalue weighted by atomic mass is 10.0. The molecule has 0 aromatic heterocycles. The van der Waals surface area contributed by atoms with Crippen LogP contribution in [0.3, 0.4) is 0 Å². The van der Waals surface area contributed by atoms with Crippen molar-refractivity contribution in [1.29, 1.82) is 0 Å². The van der Waals surface area contributed by atoms with E-state index in [9.17, 15) is 9.90 Å². The standard InChI is InChI=1S/C18H17Cl2NO2/c1-21(18(22)23)17(14-7-3-2-4-8-14)9-5-6-13-10-11-15(19)16(20)12-13/h2-8,10-12,17H,9H2,1H3,(H,22,23)/t17-/m0/s1. The van der Waals surface area contributed by atoms with Crippen LogP contribution in [0, 0.1) is 0 Å². The van der Waals surface area contributed by atoms with Crippen LogP contribution in [-0.4, -0.2) is 23.1 Å². The van der Waals surface area contributed by atoms with Gasteiger partial charge in [0.2, 0.25) is 0 Å². The molecule has 2 aromatic rings. The van der Waals surface area contributed by atoms with Crippen molar-refractivity contribution >= 4 is 35.4 Å². The van der Waals surface area contributed by atoms with Crippen LogP contribution in [0.5, 0.6) is 0 Å². The van der Waals surface area contributed by atoms with Gasteiger partial charge in [-0.25, -0.2) is 4.79 Å². The first kappa shape index (κ1) is 17.4. The second kappa shape index (κ2) is 8.04. The van der Waals surface area contributed by atoms with E-state index in [0.29, 0.717) is 16.5 Å². The second-order valence-electron chi connectivity index (χ2n) is 5.13. The molecule has 120 valence electrons. The third-order valence-corrected chi connectivity index (χ3v) is 4.31. The third kappa shape index (κ3) is 4.75. The van der Waals surface area contributed by atoms with Crippen molar-refractivity contribution in [2.45, 2.75) is 12.5 Å². The van der Waals surface area contributed by atoms with Crippen LogP contribution < -0.4 is 0 Å². The van der Waals surface area contributed by atoms with Crippen LogP contribution in [0.2, 0.25) is 10.0 Å². The molecule has 0 bridgehead atoms. The van der Waals surface area contributed by atoms with E-state index < -0.39 is 6.09 Å². The molecule has 1 amide bonds. The van der Waals surface area contributed by atoms with Crippen molar-refractivity contribution in [2.75, 3.05) is 7.05 Å². The Morgan fingerprint density at radius 1 is 1.17 bits per heavy atom. The van der Waals surface area contributed by atoms with Gasteiger partial charge in [-0.05, 0) is 29.7 Å². The maximum atomic E-state index is 11.3. The molecule has 0 unspecified atom stereocenters. The molecule has 2 aromatic carbocycles. The fourth-order valence-corrected chi connectivity index (χ4v) is 2.58. The van der Waals surface area contributed by atoms with Crippen LogP contribution in [0.15, 0.2) is 54.6 Å². The Balaban J connectivity index is 2.16. The smallest absolute Gasteiger partial charge is 0.407 e. The summed E-state index contributed by atoms with van der Waals surface area (Å²) >= 11 is 11.9. The van der Waals surface area contributed by atoms with Crippen LogP contribution in [0.25, 0.3) is 6.08 Å². The van der Waals surface area contributed by atoms with Crippen molar-refractivity contribution in [3.63, 3.8) is 0 Å². The highest BCUT2D eigenvalue weighted by Gasteiger charge is 2.19. The fourth-order valence-electron chi connectivity index (χ4n) is 2.28. The van der Waals surface area contributed by atoms with Crippen molar-refractivity contribution < 1.29 is 9.90 Å². The van der Waals surface area contributed by atoms with Gasteiger partial charge in [0.25, 0.3) is 0 Å². The summed E-state index contributed by atoms with van der Waals surface area (Å²) in [7, 11) is 1.58. The van der Waals surface area contributed by atoms with E-state index in [-0.39, 0.29) is 6.04 Å². The minimum Gasteiger partial charge on any atom is -0.465 e. The first-order chi connectivity index (χ1) is 11.0. The van der Waals surface area contributed by atoms with Gasteiger partial charge in [0.15, 0.2) is 0 Å². The summed E-state index contributed by atoms with van der Waals surface area (Å²) in [6.45, 7) is 0. The normalized spacial score (nSPS) is 12.3. The maximum absolute atomic E-state index is 11.3. The molecule has 0 fully saturated rings. The number of carbonyl (C=O) groups is 1. The van der Waals surface area contributed by atoms with E-state index in [0.717, 1.165) is 11.1 Å². The highest BCUT2D eigenvalue weighted by atomic mass is 35.5. The maximum Gasteiger partial charge on any atom is 0.407 e. The number of hydrogen-bond donors (Lipinski definition) is 1. The van der Waals surface area contributed by atoms with Crippen molar-refractivity contribution in [3.8, 4) is 0 Å². The van der Waals surface area contributed by atoms with Gasteiger partial charge in [-0.1, -0.05) is 71.8 Å². The Bertz CT molecular complexity index is 701. The molecule has 0 aliphatic rings. The summed E-state index contributed by atoms with van der Waals surface area (Å²) in [6, 6.07) is 14.7. The molecular formula is C18H17Cl2NO2. The van der Waals surface area contributed by atoms with Crippen LogP contribution in [0.1, 0.15) is 23.6 Å². The molecule has 0 spiro atoms. The van der Waals surface area contributed by atoms with Gasteiger partial charge < -0.3 is 10.0 Å². The number of nitrogens with zero attached hydrogens (tertiary/aromatic N) is 1. The third-order valence-electron chi connectivity index (χ3n) is 3.57. The first-order valence-corrected chi connectivity index (χ1v) is 7.87. The molecule has 0 saturated heterocycles. The molecule has 0 saturated carbocycles. The molecule has 1 atom stereocenters. The summed E-state index contributed by atoms with van der Waals surface area (Å²) < 4.78 is 0. The molecular weight excluding hydrogens is 333 g/mol. The highest BCUT2D eigenvalue weighted by molar-refractivity contribution is 6.42. The van der Waals surface area contributed by atoms with Gasteiger partial charge in [0.1, 0.15) is 0 Å². The Kier molecular flexibility index (Phi) is 6.08. The number of carboxylic acid groups (broad SMARTS) is 1. The van der Waals surface area contributed by atoms with Crippen molar-refractivity contribution in [2.24, 2.45) is 0 Å². The monoisotopic (exact) mass is 349 g/mol. The minimum atomic E-state index is -0.957. The summed E-state index contributed by atoms with van der Waals surface area (Å²) in [5.74, 6) is 0. The Hall–Kier alpha value is -1.97. The quantitative estimate of drug-likeness (QED) is 0.746. The van der Waals surface area contributed by atoms with Crippen molar-refractivity contribution in [3.05, 3.63) is 75.8 Å². The highest BCUT2D eigenvalue weighted by Crippen LogP contribution is 2.26. The molecule has 0 aliphatic heterocycles. The average Bonchev–Trinajstić information content (AvgIpc) is 2.55. The summed E-state index contributed by atoms with van der Waals surface area (Å²) in [6.07, 6.45) is 3.46. The van der Waals surface area contributed by atoms with Gasteiger partial charge >= 0.3 is 6.09 Å². The van der Waals surface area contributed by atoms with E-state index in [1.165, 1.54) is 4.90 Å². The van der Waals surface area contributed by atoms with Crippen LogP contribution >= 0.6 is 23.2 Å². The number of hydrogen-bond acceptors (Lipinski definition) is 1. The number of halogens is 2. The van der Waals surface area contributed by atoms with Gasteiger partial charge in [-0.3, -0.25) is 0 Å². The zero-order valence-electron chi connectivity index (χ0n) is 12.6. The molecule has 0 radical (unpaired) electrons. The Labute approximate surface area is 145 Å². The molecule has 2 rings (SSSR count). The first-order valence-electron chi connectivity index (χ1n) is 7.11. The molecule has 5 heteroatoms. The van der Waals surface area contributed by atoms with Crippen molar-refractivity contribution in [1.82, 2.24) is 4.90 Å². The lowest BCUT2D eigenvalue weighted by molar-refractivity contribution is 0.138. The van der Waals surface area contributed by atoms with Gasteiger partial charge in [-0.15, -0.1) is 0 Å². The zero-order chi connectivity index (χ0) is 16.8. The number of benzene rings is 2. The lowest BCUT2D eigenvalue weighted by Gasteiger charge is -2.25. The predicted molar refractivity (Wildman–Crippen MR) is 95.1 cm³/mol. The molecule has 1 N–H and O–H groups in total. The predicted octanol–water partition coefficient (Wildman–Crippen LogP) is 5.75. The second-order valence-corrected chi connectivity index (χ2v) is 5.95. The number of rotatable bonds is 5. The molecule has 0 aliphatic carbocycles. The van der Waals surface area contributed by atoms with Gasteiger partial charge in [0.05, 0.1) is 16.1 Å². The van der Waals surface area contributed by atoms with Gasteiger partial charge in [0, 0.05) is 7.05 Å². The fraction of sp³-hybridized carbons (Fsp3) is 0.167. The van der Waals surface area contributed by atoms with E-state index in [2.05, 4.69) is 0 Å². The summed E-state index contributed by atoms with van der Waals surface area (Å²) in [5.41, 5.74) is 1.88. The molecule has 3 nitrogen and oxygen atoms in total. The summed E-state index contributed by atoms with van der Waals surface area (Å²) in [5, 5.41) is 10.3. The largest absolute Gasteiger partial charge is 0.465 e. The van der Waals surface area contributed by atoms with E-state index in [1.54, 1.807) is 19.2 Å². The Morgan fingerprint density at radius 3 is 2.48 bits per heavy atom. The van der Waals surface area contributed by atoms with Crippen LogP contribution in [0.4, 0.5) is 4.79 Å². The SMILES string of the molecule is CN(C(=O)O)[C@@H](CC=Cc1ccc(Cl)c(Cl)c1)c1ccccc1. The average molecular weight is 350 g/mol. The Morgan fingerprint density at radius 2 is 1.87 bits per heavy atom. The lowest BCUT2D eigenvalue weighted by Crippen LogP contribution is -2.29. The molecule has 0 heterocycles.